The van der Waals surface area contributed by atoms with Crippen LogP contribution in [0.2, 0.25) is 0 Å². The molecule has 0 aromatic carbocycles. The predicted octanol–water partition coefficient (Wildman–Crippen LogP) is 11.9. The third-order valence-corrected chi connectivity index (χ3v) is 8.47. The van der Waals surface area contributed by atoms with Gasteiger partial charge in [-0.05, 0) is 64.2 Å². The lowest BCUT2D eigenvalue weighted by Crippen LogP contribution is -2.28. The lowest BCUT2D eigenvalue weighted by Gasteiger charge is -2.15. The third-order valence-electron chi connectivity index (χ3n) is 8.47. The normalized spacial score (nSPS) is 12.3. The second-order valence-corrected chi connectivity index (χ2v) is 13.0. The number of esters is 2. The van der Waals surface area contributed by atoms with E-state index in [1.807, 2.05) is 0 Å². The van der Waals surface area contributed by atoms with E-state index < -0.39 is 6.10 Å². The van der Waals surface area contributed by atoms with E-state index >= 15 is 0 Å². The van der Waals surface area contributed by atoms with Gasteiger partial charge in [0.25, 0.3) is 0 Å². The average Bonchev–Trinajstić information content (AvgIpc) is 3.04. The minimum absolute atomic E-state index is 0.0692. The largest absolute Gasteiger partial charge is 0.462 e. The summed E-state index contributed by atoms with van der Waals surface area (Å²) in [5.41, 5.74) is 0. The SMILES string of the molecule is CCCCCCC/C=C/CCCCCCCC(=O)OC[C@H](CO)OC(=O)CCCCCCCCC/C=C/CCCCCCCC. The predicted molar refractivity (Wildman–Crippen MR) is 191 cm³/mol. The van der Waals surface area contributed by atoms with Gasteiger partial charge in [-0.15, -0.1) is 0 Å². The lowest BCUT2D eigenvalue weighted by atomic mass is 10.1. The van der Waals surface area contributed by atoms with Gasteiger partial charge >= 0.3 is 11.9 Å². The highest BCUT2D eigenvalue weighted by molar-refractivity contribution is 5.70. The molecule has 0 bridgehead atoms. The van der Waals surface area contributed by atoms with E-state index in [4.69, 9.17) is 9.47 Å². The Morgan fingerprint density at radius 1 is 0.489 bits per heavy atom. The van der Waals surface area contributed by atoms with Crippen LogP contribution in [-0.4, -0.2) is 36.4 Å². The molecule has 0 amide bonds. The zero-order valence-corrected chi connectivity index (χ0v) is 29.9. The Morgan fingerprint density at radius 3 is 1.20 bits per heavy atom. The highest BCUT2D eigenvalue weighted by Gasteiger charge is 2.16. The van der Waals surface area contributed by atoms with Gasteiger partial charge in [-0.1, -0.05) is 147 Å². The number of unbranched alkanes of at least 4 members (excludes halogenated alkanes) is 23. The number of aliphatic hydroxyl groups is 1. The van der Waals surface area contributed by atoms with E-state index in [1.54, 1.807) is 0 Å². The second kappa shape index (κ2) is 36.8. The summed E-state index contributed by atoms with van der Waals surface area (Å²) in [4.78, 5) is 24.2. The van der Waals surface area contributed by atoms with E-state index in [0.29, 0.717) is 12.8 Å². The minimum Gasteiger partial charge on any atom is -0.462 e. The number of rotatable bonds is 35. The van der Waals surface area contributed by atoms with Gasteiger partial charge in [0.15, 0.2) is 6.10 Å². The van der Waals surface area contributed by atoms with Crippen LogP contribution in [0.25, 0.3) is 0 Å². The maximum Gasteiger partial charge on any atom is 0.306 e. The minimum atomic E-state index is -0.773. The van der Waals surface area contributed by atoms with Crippen molar-refractivity contribution in [1.29, 1.82) is 0 Å². The maximum atomic E-state index is 12.2. The number of carbonyl (C=O) groups is 2. The van der Waals surface area contributed by atoms with Crippen molar-refractivity contribution in [2.45, 2.75) is 206 Å². The quantitative estimate of drug-likeness (QED) is 0.0426. The van der Waals surface area contributed by atoms with E-state index in [0.717, 1.165) is 44.9 Å². The summed E-state index contributed by atoms with van der Waals surface area (Å²) < 4.78 is 10.6. The molecule has 0 aliphatic heterocycles. The molecular formula is C40H74O5. The number of hydrogen-bond acceptors (Lipinski definition) is 5. The van der Waals surface area contributed by atoms with Gasteiger partial charge in [0.1, 0.15) is 6.61 Å². The van der Waals surface area contributed by atoms with Crippen molar-refractivity contribution in [3.05, 3.63) is 24.3 Å². The highest BCUT2D eigenvalue weighted by Crippen LogP contribution is 2.13. The van der Waals surface area contributed by atoms with Gasteiger partial charge in [0.2, 0.25) is 0 Å². The first-order chi connectivity index (χ1) is 22.1. The van der Waals surface area contributed by atoms with Crippen LogP contribution in [0.1, 0.15) is 200 Å². The summed E-state index contributed by atoms with van der Waals surface area (Å²) in [5.74, 6) is -0.602. The molecule has 0 rings (SSSR count). The molecule has 0 radical (unpaired) electrons. The Hall–Kier alpha value is -1.62. The summed E-state index contributed by atoms with van der Waals surface area (Å²) in [6, 6.07) is 0. The molecule has 0 fully saturated rings. The number of carbonyl (C=O) groups excluding carboxylic acids is 2. The molecule has 5 heteroatoms. The Balaban J connectivity index is 3.56. The summed E-state index contributed by atoms with van der Waals surface area (Å²) in [6.45, 7) is 4.11. The molecule has 0 aliphatic carbocycles. The van der Waals surface area contributed by atoms with Crippen LogP contribution >= 0.6 is 0 Å². The number of aliphatic hydroxyl groups excluding tert-OH is 1. The van der Waals surface area contributed by atoms with Crippen LogP contribution in [0.4, 0.5) is 0 Å². The Bertz CT molecular complexity index is 686. The first-order valence-corrected chi connectivity index (χ1v) is 19.4. The van der Waals surface area contributed by atoms with Crippen LogP contribution in [0.5, 0.6) is 0 Å². The van der Waals surface area contributed by atoms with Crippen molar-refractivity contribution in [3.8, 4) is 0 Å². The molecule has 0 saturated carbocycles. The van der Waals surface area contributed by atoms with Crippen molar-refractivity contribution >= 4 is 11.9 Å². The topological polar surface area (TPSA) is 72.8 Å². The second-order valence-electron chi connectivity index (χ2n) is 13.0. The number of allylic oxidation sites excluding steroid dienone is 4. The molecule has 5 nitrogen and oxygen atoms in total. The van der Waals surface area contributed by atoms with E-state index in [2.05, 4.69) is 38.2 Å². The van der Waals surface area contributed by atoms with Gasteiger partial charge in [-0.2, -0.15) is 0 Å². The summed E-state index contributed by atoms with van der Waals surface area (Å²) in [7, 11) is 0. The molecule has 0 heterocycles. The number of ether oxygens (including phenoxy) is 2. The van der Waals surface area contributed by atoms with Crippen molar-refractivity contribution in [1.82, 2.24) is 0 Å². The zero-order chi connectivity index (χ0) is 32.9. The Morgan fingerprint density at radius 2 is 0.822 bits per heavy atom. The van der Waals surface area contributed by atoms with Crippen molar-refractivity contribution in [3.63, 3.8) is 0 Å². The van der Waals surface area contributed by atoms with Crippen LogP contribution < -0.4 is 0 Å². The van der Waals surface area contributed by atoms with Gasteiger partial charge in [0, 0.05) is 12.8 Å². The molecule has 0 aromatic rings. The summed E-state index contributed by atoms with van der Waals surface area (Å²) in [6.07, 6.45) is 42.3. The molecule has 1 atom stereocenters. The molecule has 1 N–H and O–H groups in total. The molecule has 45 heavy (non-hydrogen) atoms. The fourth-order valence-corrected chi connectivity index (χ4v) is 5.48. The first kappa shape index (κ1) is 43.4. The molecule has 0 spiro atoms. The summed E-state index contributed by atoms with van der Waals surface area (Å²) >= 11 is 0. The van der Waals surface area contributed by atoms with Gasteiger partial charge in [0.05, 0.1) is 6.61 Å². The molecule has 0 aromatic heterocycles. The fourth-order valence-electron chi connectivity index (χ4n) is 5.48. The maximum absolute atomic E-state index is 12.2. The van der Waals surface area contributed by atoms with Crippen molar-refractivity contribution < 1.29 is 24.2 Å². The average molecular weight is 635 g/mol. The van der Waals surface area contributed by atoms with Gasteiger partial charge in [-0.3, -0.25) is 9.59 Å². The van der Waals surface area contributed by atoms with Crippen LogP contribution in [0, 0.1) is 0 Å². The van der Waals surface area contributed by atoms with E-state index in [9.17, 15) is 14.7 Å². The Kier molecular flexibility index (Phi) is 35.5. The van der Waals surface area contributed by atoms with Crippen molar-refractivity contribution in [2.24, 2.45) is 0 Å². The molecule has 0 unspecified atom stereocenters. The molecule has 0 aliphatic rings. The lowest BCUT2D eigenvalue weighted by molar-refractivity contribution is -0.161. The first-order valence-electron chi connectivity index (χ1n) is 19.4. The smallest absolute Gasteiger partial charge is 0.306 e. The Labute approximate surface area is 279 Å². The van der Waals surface area contributed by atoms with Crippen LogP contribution in [0.3, 0.4) is 0 Å². The fraction of sp³-hybridized carbons (Fsp3) is 0.850. The monoisotopic (exact) mass is 635 g/mol. The van der Waals surface area contributed by atoms with Crippen LogP contribution in [0.15, 0.2) is 24.3 Å². The zero-order valence-electron chi connectivity index (χ0n) is 29.9. The molecular weight excluding hydrogens is 560 g/mol. The number of hydrogen-bond donors (Lipinski definition) is 1. The van der Waals surface area contributed by atoms with E-state index in [1.165, 1.54) is 128 Å². The third kappa shape index (κ3) is 35.1. The van der Waals surface area contributed by atoms with Crippen LogP contribution in [-0.2, 0) is 19.1 Å². The standard InChI is InChI=1S/C40H74O5/c1-3-5-7-9-11-13-15-17-19-20-21-23-25-27-29-31-33-35-40(43)45-38(36-41)37-44-39(42)34-32-30-28-26-24-22-18-16-14-12-10-8-6-4-2/h16-19,38,41H,3-15,20-37H2,1-2H3/b18-16+,19-17+/t38-/m0/s1. The summed E-state index contributed by atoms with van der Waals surface area (Å²) in [5, 5.41) is 9.54. The van der Waals surface area contributed by atoms with Crippen molar-refractivity contribution in [2.75, 3.05) is 13.2 Å². The molecule has 264 valence electrons. The van der Waals surface area contributed by atoms with Gasteiger partial charge in [-0.25, -0.2) is 0 Å². The highest BCUT2D eigenvalue weighted by atomic mass is 16.6. The van der Waals surface area contributed by atoms with E-state index in [-0.39, 0.29) is 25.2 Å². The van der Waals surface area contributed by atoms with Gasteiger partial charge < -0.3 is 14.6 Å². The molecule has 0 saturated heterocycles.